The van der Waals surface area contributed by atoms with Crippen LogP contribution in [0.1, 0.15) is 11.1 Å². The summed E-state index contributed by atoms with van der Waals surface area (Å²) in [5.41, 5.74) is 2.26. The average Bonchev–Trinajstić information content (AvgIpc) is 2.38. The molecule has 0 atom stereocenters. The molecule has 80 valence electrons. The summed E-state index contributed by atoms with van der Waals surface area (Å²) in [7, 11) is 0. The molecule has 0 saturated heterocycles. The molecule has 2 aromatic rings. The van der Waals surface area contributed by atoms with Gasteiger partial charge in [0.25, 0.3) is 0 Å². The molecule has 0 amide bonds. The quantitative estimate of drug-likeness (QED) is 0.467. The lowest BCUT2D eigenvalue weighted by Gasteiger charge is -2.00. The lowest BCUT2D eigenvalue weighted by atomic mass is 10.2. The summed E-state index contributed by atoms with van der Waals surface area (Å²) in [6.07, 6.45) is 0. The van der Waals surface area contributed by atoms with Gasteiger partial charge in [-0.1, -0.05) is 60.7 Å². The molecule has 0 aliphatic carbocycles. The number of hydrogen-bond donors (Lipinski definition) is 1. The molecule has 0 unspecified atom stereocenters. The van der Waals surface area contributed by atoms with Crippen LogP contribution in [0.3, 0.4) is 0 Å². The Morgan fingerprint density at radius 3 is 2.06 bits per heavy atom. The van der Waals surface area contributed by atoms with Gasteiger partial charge in [0.05, 0.1) is 11.6 Å². The van der Waals surface area contributed by atoms with E-state index in [-0.39, 0.29) is 0 Å². The van der Waals surface area contributed by atoms with Gasteiger partial charge in [0.2, 0.25) is 0 Å². The van der Waals surface area contributed by atoms with Gasteiger partial charge in [-0.3, -0.25) is 4.99 Å². The second-order valence-electron chi connectivity index (χ2n) is 3.49. The zero-order chi connectivity index (χ0) is 11.2. The topological polar surface area (TPSA) is 12.4 Å². The molecule has 0 aliphatic rings. The molecule has 0 heterocycles. The van der Waals surface area contributed by atoms with Crippen molar-refractivity contribution in [3.8, 4) is 0 Å². The van der Waals surface area contributed by atoms with Crippen molar-refractivity contribution < 1.29 is 0 Å². The molecule has 0 saturated carbocycles. The van der Waals surface area contributed by atoms with Crippen molar-refractivity contribution in [2.75, 3.05) is 0 Å². The number of rotatable bonds is 3. The first-order valence-electron chi connectivity index (χ1n) is 5.19. The second kappa shape index (κ2) is 5.52. The van der Waals surface area contributed by atoms with E-state index < -0.39 is 0 Å². The van der Waals surface area contributed by atoms with E-state index in [1.165, 1.54) is 5.56 Å². The molecule has 1 nitrogen and oxygen atoms in total. The van der Waals surface area contributed by atoms with E-state index in [2.05, 4.69) is 29.8 Å². The maximum Gasteiger partial charge on any atom is 0.0950 e. The predicted molar refractivity (Wildman–Crippen MR) is 72.1 cm³/mol. The van der Waals surface area contributed by atoms with E-state index in [0.29, 0.717) is 6.54 Å². The van der Waals surface area contributed by atoms with E-state index in [0.717, 1.165) is 10.6 Å². The van der Waals surface area contributed by atoms with Crippen LogP contribution < -0.4 is 0 Å². The minimum atomic E-state index is 0.675. The molecule has 2 heteroatoms. The zero-order valence-corrected chi connectivity index (χ0v) is 9.77. The Labute approximate surface area is 101 Å². The summed E-state index contributed by atoms with van der Waals surface area (Å²) >= 11 is 4.40. The lowest BCUT2D eigenvalue weighted by Crippen LogP contribution is -1.92. The number of benzene rings is 2. The van der Waals surface area contributed by atoms with Crippen LogP contribution in [0.15, 0.2) is 65.7 Å². The molecule has 0 bridgehead atoms. The van der Waals surface area contributed by atoms with E-state index in [9.17, 15) is 0 Å². The van der Waals surface area contributed by atoms with Crippen LogP contribution in [0.25, 0.3) is 0 Å². The van der Waals surface area contributed by atoms with Crippen molar-refractivity contribution in [1.29, 1.82) is 0 Å². The van der Waals surface area contributed by atoms with E-state index in [4.69, 9.17) is 0 Å². The molecule has 0 spiro atoms. The van der Waals surface area contributed by atoms with Gasteiger partial charge < -0.3 is 0 Å². The van der Waals surface area contributed by atoms with Crippen LogP contribution in [0.2, 0.25) is 0 Å². The first-order valence-corrected chi connectivity index (χ1v) is 5.64. The first-order chi connectivity index (χ1) is 7.86. The Bertz CT molecular complexity index is 463. The monoisotopic (exact) mass is 227 g/mol. The predicted octanol–water partition coefficient (Wildman–Crippen LogP) is 3.56. The second-order valence-corrected chi connectivity index (χ2v) is 3.92. The molecular weight excluding hydrogens is 214 g/mol. The van der Waals surface area contributed by atoms with Gasteiger partial charge in [-0.15, -0.1) is 12.6 Å². The van der Waals surface area contributed by atoms with Crippen molar-refractivity contribution in [2.45, 2.75) is 6.54 Å². The summed E-state index contributed by atoms with van der Waals surface area (Å²) in [5, 5.41) is 0.782. The Kier molecular flexibility index (Phi) is 3.78. The smallest absolute Gasteiger partial charge is 0.0950 e. The SMILES string of the molecule is S/C(=N\Cc1ccccc1)c1ccccc1. The number of thiol groups is 1. The van der Waals surface area contributed by atoms with Crippen molar-refractivity contribution in [3.63, 3.8) is 0 Å². The molecule has 2 aromatic carbocycles. The van der Waals surface area contributed by atoms with Crippen LogP contribution >= 0.6 is 12.6 Å². The standard InChI is InChI=1S/C14H13NS/c16-14(13-9-5-2-6-10-13)15-11-12-7-3-1-4-8-12/h1-10H,11H2,(H,15,16). The fourth-order valence-corrected chi connectivity index (χ4v) is 1.65. The van der Waals surface area contributed by atoms with Crippen molar-refractivity contribution in [2.24, 2.45) is 4.99 Å². The number of hydrogen-bond acceptors (Lipinski definition) is 1. The van der Waals surface area contributed by atoms with Gasteiger partial charge in [0.15, 0.2) is 0 Å². The van der Waals surface area contributed by atoms with Crippen LogP contribution in [-0.4, -0.2) is 5.04 Å². The van der Waals surface area contributed by atoms with Crippen molar-refractivity contribution in [1.82, 2.24) is 0 Å². The van der Waals surface area contributed by atoms with Crippen LogP contribution in [0.4, 0.5) is 0 Å². The van der Waals surface area contributed by atoms with Gasteiger partial charge in [-0.05, 0) is 5.56 Å². The Morgan fingerprint density at radius 1 is 0.875 bits per heavy atom. The normalized spacial score (nSPS) is 11.4. The van der Waals surface area contributed by atoms with E-state index >= 15 is 0 Å². The zero-order valence-electron chi connectivity index (χ0n) is 8.88. The van der Waals surface area contributed by atoms with E-state index in [1.54, 1.807) is 0 Å². The molecule has 0 fully saturated rings. The van der Waals surface area contributed by atoms with Gasteiger partial charge in [0.1, 0.15) is 0 Å². The summed E-state index contributed by atoms with van der Waals surface area (Å²) in [5.74, 6) is 0. The molecule has 2 rings (SSSR count). The molecule has 0 radical (unpaired) electrons. The number of nitrogens with zero attached hydrogens (tertiary/aromatic N) is 1. The summed E-state index contributed by atoms with van der Waals surface area (Å²) in [6, 6.07) is 20.2. The van der Waals surface area contributed by atoms with Gasteiger partial charge in [0, 0.05) is 5.56 Å². The minimum absolute atomic E-state index is 0.675. The third kappa shape index (κ3) is 2.97. The highest BCUT2D eigenvalue weighted by atomic mass is 32.1. The van der Waals surface area contributed by atoms with Gasteiger partial charge in [-0.25, -0.2) is 0 Å². The Morgan fingerprint density at radius 2 is 1.44 bits per heavy atom. The molecule has 16 heavy (non-hydrogen) atoms. The molecule has 0 N–H and O–H groups in total. The average molecular weight is 227 g/mol. The summed E-state index contributed by atoms with van der Waals surface area (Å²) < 4.78 is 0. The first kappa shape index (κ1) is 11.0. The molecule has 0 aromatic heterocycles. The van der Waals surface area contributed by atoms with Crippen molar-refractivity contribution in [3.05, 3.63) is 71.8 Å². The summed E-state index contributed by atoms with van der Waals surface area (Å²) in [4.78, 5) is 4.45. The van der Waals surface area contributed by atoms with Gasteiger partial charge in [-0.2, -0.15) is 0 Å². The van der Waals surface area contributed by atoms with Crippen LogP contribution in [0.5, 0.6) is 0 Å². The minimum Gasteiger partial charge on any atom is -0.273 e. The molecular formula is C14H13NS. The largest absolute Gasteiger partial charge is 0.273 e. The van der Waals surface area contributed by atoms with Gasteiger partial charge >= 0.3 is 0 Å². The third-order valence-corrected chi connectivity index (χ3v) is 2.69. The fraction of sp³-hybridized carbons (Fsp3) is 0.0714. The maximum atomic E-state index is 4.45. The third-order valence-electron chi connectivity index (χ3n) is 2.29. The fourth-order valence-electron chi connectivity index (χ4n) is 1.43. The number of aliphatic imine (C=N–C) groups is 1. The van der Waals surface area contributed by atoms with E-state index in [1.807, 2.05) is 48.5 Å². The van der Waals surface area contributed by atoms with Crippen molar-refractivity contribution >= 4 is 17.7 Å². The highest BCUT2D eigenvalue weighted by molar-refractivity contribution is 7.97. The Hall–Kier alpha value is -1.54. The van der Waals surface area contributed by atoms with Crippen LogP contribution in [0, 0.1) is 0 Å². The highest BCUT2D eigenvalue weighted by Crippen LogP contribution is 2.07. The molecule has 0 aliphatic heterocycles. The lowest BCUT2D eigenvalue weighted by molar-refractivity contribution is 1.07. The highest BCUT2D eigenvalue weighted by Gasteiger charge is 1.96. The maximum absolute atomic E-state index is 4.45. The Balaban J connectivity index is 2.09. The summed E-state index contributed by atoms with van der Waals surface area (Å²) in [6.45, 7) is 0.675. The van der Waals surface area contributed by atoms with Crippen LogP contribution in [-0.2, 0) is 6.54 Å².